The lowest BCUT2D eigenvalue weighted by Gasteiger charge is -2.24. The Morgan fingerprint density at radius 3 is 2.84 bits per heavy atom. The monoisotopic (exact) mass is 338 g/mol. The number of carbonyl (C=O) groups excluding carboxylic acids is 1. The number of rotatable bonds is 3. The molecule has 25 heavy (non-hydrogen) atoms. The molecule has 1 aliphatic heterocycles. The summed E-state index contributed by atoms with van der Waals surface area (Å²) in [4.78, 5) is 12.4. The second kappa shape index (κ2) is 6.45. The molecule has 0 aliphatic carbocycles. The number of aromatic nitrogens is 3. The molecular weight excluding hydrogens is 323 g/mol. The molecule has 126 valence electrons. The van der Waals surface area contributed by atoms with Gasteiger partial charge in [0.2, 0.25) is 0 Å². The van der Waals surface area contributed by atoms with Crippen molar-refractivity contribution in [1.29, 1.82) is 0 Å². The van der Waals surface area contributed by atoms with Gasteiger partial charge in [-0.3, -0.25) is 4.79 Å². The van der Waals surface area contributed by atoms with Gasteiger partial charge < -0.3 is 10.1 Å². The van der Waals surface area contributed by atoms with Crippen LogP contribution in [0.1, 0.15) is 27.8 Å². The number of halogens is 1. The minimum absolute atomic E-state index is 0.130. The zero-order valence-electron chi connectivity index (χ0n) is 13.2. The minimum Gasteiger partial charge on any atom is -0.365 e. The maximum absolute atomic E-state index is 13.2. The highest BCUT2D eigenvalue weighted by molar-refractivity contribution is 6.03. The van der Waals surface area contributed by atoms with E-state index in [0.29, 0.717) is 17.9 Å². The third-order valence-electron chi connectivity index (χ3n) is 4.07. The van der Waals surface area contributed by atoms with Crippen LogP contribution in [0.2, 0.25) is 0 Å². The number of amides is 1. The molecule has 1 aliphatic rings. The Balaban J connectivity index is 1.53. The third kappa shape index (κ3) is 3.14. The van der Waals surface area contributed by atoms with Crippen LogP contribution in [0.5, 0.6) is 0 Å². The van der Waals surface area contributed by atoms with E-state index in [0.717, 1.165) is 5.56 Å². The Labute approximate surface area is 143 Å². The average Bonchev–Trinajstić information content (AvgIpc) is 3.06. The standard InChI is InChI=1S/C18H15FN4O2/c19-13-7-4-8-14(9-13)20-18(24)17-15-11-25-16(10-23(15)22-21-17)12-5-2-1-3-6-12/h1-9,16H,10-11H2,(H,20,24)/t16-/m1/s1. The van der Waals surface area contributed by atoms with Crippen LogP contribution in [-0.2, 0) is 17.9 Å². The first-order valence-corrected chi connectivity index (χ1v) is 7.86. The zero-order valence-corrected chi connectivity index (χ0v) is 13.2. The van der Waals surface area contributed by atoms with Gasteiger partial charge >= 0.3 is 0 Å². The van der Waals surface area contributed by atoms with Gasteiger partial charge in [0.25, 0.3) is 5.91 Å². The number of ether oxygens (including phenoxy) is 1. The minimum atomic E-state index is -0.436. The van der Waals surface area contributed by atoms with Crippen LogP contribution in [0, 0.1) is 5.82 Å². The van der Waals surface area contributed by atoms with Gasteiger partial charge in [0.05, 0.1) is 18.8 Å². The highest BCUT2D eigenvalue weighted by atomic mass is 19.1. The molecule has 1 atom stereocenters. The molecule has 7 heteroatoms. The van der Waals surface area contributed by atoms with Gasteiger partial charge in [-0.2, -0.15) is 0 Å². The first-order valence-electron chi connectivity index (χ1n) is 7.86. The summed E-state index contributed by atoms with van der Waals surface area (Å²) in [6, 6.07) is 15.5. The molecule has 0 bridgehead atoms. The molecule has 2 aromatic carbocycles. The Morgan fingerprint density at radius 2 is 2.04 bits per heavy atom. The summed E-state index contributed by atoms with van der Waals surface area (Å²) in [5.74, 6) is -0.856. The molecule has 1 N–H and O–H groups in total. The van der Waals surface area contributed by atoms with Crippen molar-refractivity contribution in [2.45, 2.75) is 19.3 Å². The maximum Gasteiger partial charge on any atom is 0.278 e. The number of anilines is 1. The summed E-state index contributed by atoms with van der Waals surface area (Å²) in [5.41, 5.74) is 2.22. The molecule has 0 saturated heterocycles. The van der Waals surface area contributed by atoms with Crippen molar-refractivity contribution in [2.24, 2.45) is 0 Å². The molecule has 2 heterocycles. The summed E-state index contributed by atoms with van der Waals surface area (Å²) < 4.78 is 20.8. The molecule has 0 spiro atoms. The number of hydrogen-bond donors (Lipinski definition) is 1. The molecule has 1 aromatic heterocycles. The van der Waals surface area contributed by atoms with Gasteiger partial charge in [-0.25, -0.2) is 9.07 Å². The average molecular weight is 338 g/mol. The van der Waals surface area contributed by atoms with E-state index in [4.69, 9.17) is 4.74 Å². The van der Waals surface area contributed by atoms with Crippen molar-refractivity contribution >= 4 is 11.6 Å². The van der Waals surface area contributed by atoms with Crippen molar-refractivity contribution < 1.29 is 13.9 Å². The number of carbonyl (C=O) groups is 1. The Kier molecular flexibility index (Phi) is 3.99. The van der Waals surface area contributed by atoms with E-state index in [2.05, 4.69) is 15.6 Å². The summed E-state index contributed by atoms with van der Waals surface area (Å²) >= 11 is 0. The van der Waals surface area contributed by atoms with Crippen LogP contribution in [0.4, 0.5) is 10.1 Å². The second-order valence-corrected chi connectivity index (χ2v) is 5.74. The molecule has 4 rings (SSSR count). The molecule has 0 fully saturated rings. The first kappa shape index (κ1) is 15.5. The quantitative estimate of drug-likeness (QED) is 0.797. The summed E-state index contributed by atoms with van der Waals surface area (Å²) in [6.07, 6.45) is -0.130. The number of benzene rings is 2. The predicted molar refractivity (Wildman–Crippen MR) is 88.3 cm³/mol. The fourth-order valence-corrected chi connectivity index (χ4v) is 2.81. The number of hydrogen-bond acceptors (Lipinski definition) is 4. The highest BCUT2D eigenvalue weighted by Gasteiger charge is 2.27. The lowest BCUT2D eigenvalue weighted by Crippen LogP contribution is -2.24. The fraction of sp³-hybridized carbons (Fsp3) is 0.167. The summed E-state index contributed by atoms with van der Waals surface area (Å²) in [7, 11) is 0. The van der Waals surface area contributed by atoms with E-state index in [-0.39, 0.29) is 18.4 Å². The molecule has 1 amide bonds. The molecule has 0 radical (unpaired) electrons. The van der Waals surface area contributed by atoms with Crippen molar-refractivity contribution in [2.75, 3.05) is 5.32 Å². The Bertz CT molecular complexity index is 910. The van der Waals surface area contributed by atoms with Crippen LogP contribution in [0.15, 0.2) is 54.6 Å². The second-order valence-electron chi connectivity index (χ2n) is 5.74. The van der Waals surface area contributed by atoms with Gasteiger partial charge in [-0.05, 0) is 23.8 Å². The Hall–Kier alpha value is -3.06. The van der Waals surface area contributed by atoms with E-state index in [9.17, 15) is 9.18 Å². The third-order valence-corrected chi connectivity index (χ3v) is 4.07. The topological polar surface area (TPSA) is 69.0 Å². The van der Waals surface area contributed by atoms with Gasteiger partial charge in [-0.15, -0.1) is 5.10 Å². The van der Waals surface area contributed by atoms with Crippen LogP contribution in [0.3, 0.4) is 0 Å². The lowest BCUT2D eigenvalue weighted by atomic mass is 10.1. The van der Waals surface area contributed by atoms with E-state index in [1.54, 1.807) is 10.7 Å². The Morgan fingerprint density at radius 1 is 1.20 bits per heavy atom. The highest BCUT2D eigenvalue weighted by Crippen LogP contribution is 2.27. The van der Waals surface area contributed by atoms with Crippen LogP contribution in [0.25, 0.3) is 0 Å². The number of nitrogens with zero attached hydrogens (tertiary/aromatic N) is 3. The van der Waals surface area contributed by atoms with E-state index in [1.807, 2.05) is 30.3 Å². The first-order chi connectivity index (χ1) is 12.2. The predicted octanol–water partition coefficient (Wildman–Crippen LogP) is 2.94. The number of nitrogens with one attached hydrogen (secondary N) is 1. The van der Waals surface area contributed by atoms with Crippen LogP contribution in [-0.4, -0.2) is 20.9 Å². The molecule has 0 saturated carbocycles. The molecular formula is C18H15FN4O2. The smallest absolute Gasteiger partial charge is 0.278 e. The van der Waals surface area contributed by atoms with Gasteiger partial charge in [-0.1, -0.05) is 41.6 Å². The SMILES string of the molecule is O=C(Nc1cccc(F)c1)c1nnn2c1CO[C@@H](c1ccccc1)C2. The lowest BCUT2D eigenvalue weighted by molar-refractivity contribution is -0.00171. The van der Waals surface area contributed by atoms with Crippen molar-refractivity contribution in [3.8, 4) is 0 Å². The molecule has 0 unspecified atom stereocenters. The van der Waals surface area contributed by atoms with Crippen molar-refractivity contribution in [3.05, 3.63) is 77.4 Å². The summed E-state index contributed by atoms with van der Waals surface area (Å²) in [5, 5.41) is 10.7. The molecule has 3 aromatic rings. The van der Waals surface area contributed by atoms with E-state index in [1.165, 1.54) is 18.2 Å². The normalized spacial score (nSPS) is 16.3. The van der Waals surface area contributed by atoms with E-state index >= 15 is 0 Å². The maximum atomic E-state index is 13.2. The number of fused-ring (bicyclic) bond motifs is 1. The summed E-state index contributed by atoms with van der Waals surface area (Å²) in [6.45, 7) is 0.720. The van der Waals surface area contributed by atoms with Gasteiger partial charge in [0.15, 0.2) is 5.69 Å². The fourth-order valence-electron chi connectivity index (χ4n) is 2.81. The largest absolute Gasteiger partial charge is 0.365 e. The van der Waals surface area contributed by atoms with Gasteiger partial charge in [0.1, 0.15) is 11.9 Å². The van der Waals surface area contributed by atoms with Crippen LogP contribution < -0.4 is 5.32 Å². The zero-order chi connectivity index (χ0) is 17.2. The van der Waals surface area contributed by atoms with Crippen molar-refractivity contribution in [1.82, 2.24) is 15.0 Å². The van der Waals surface area contributed by atoms with Crippen molar-refractivity contribution in [3.63, 3.8) is 0 Å². The van der Waals surface area contributed by atoms with Crippen LogP contribution >= 0.6 is 0 Å². The van der Waals surface area contributed by atoms with Gasteiger partial charge in [0, 0.05) is 5.69 Å². The van der Waals surface area contributed by atoms with E-state index < -0.39 is 11.7 Å². The molecule has 6 nitrogen and oxygen atoms in total.